The summed E-state index contributed by atoms with van der Waals surface area (Å²) in [7, 11) is 0. The topological polar surface area (TPSA) is 83.8 Å². The van der Waals surface area contributed by atoms with E-state index in [4.69, 9.17) is 4.74 Å². The SMILES string of the molecule is C[C@H]1CCCCC/C=C/C(=O)c2c(O)cc(O)cc2CC(=O)O1. The van der Waals surface area contributed by atoms with Gasteiger partial charge in [0.15, 0.2) is 5.78 Å². The van der Waals surface area contributed by atoms with E-state index in [0.717, 1.165) is 38.2 Å². The first-order chi connectivity index (χ1) is 11.0. The van der Waals surface area contributed by atoms with E-state index in [1.165, 1.54) is 12.1 Å². The van der Waals surface area contributed by atoms with Crippen molar-refractivity contribution in [2.24, 2.45) is 0 Å². The molecule has 0 saturated heterocycles. The second-order valence-electron chi connectivity index (χ2n) is 5.88. The number of allylic oxidation sites excluding steroid dienone is 2. The van der Waals surface area contributed by atoms with E-state index in [9.17, 15) is 19.8 Å². The molecule has 0 aliphatic carbocycles. The Balaban J connectivity index is 2.35. The van der Waals surface area contributed by atoms with Gasteiger partial charge in [-0.1, -0.05) is 12.5 Å². The maximum atomic E-state index is 12.3. The van der Waals surface area contributed by atoms with Crippen molar-refractivity contribution in [3.63, 3.8) is 0 Å². The fourth-order valence-electron chi connectivity index (χ4n) is 2.72. The van der Waals surface area contributed by atoms with Gasteiger partial charge in [0, 0.05) is 6.07 Å². The third-order valence-electron chi connectivity index (χ3n) is 3.85. The Bertz CT molecular complexity index is 618. The molecule has 0 radical (unpaired) electrons. The number of carbonyl (C=O) groups excluding carboxylic acids is 2. The number of aromatic hydroxyl groups is 2. The number of carbonyl (C=O) groups is 2. The molecule has 0 amide bonds. The lowest BCUT2D eigenvalue weighted by atomic mass is 9.98. The first kappa shape index (κ1) is 17.1. The molecule has 124 valence electrons. The molecule has 1 aromatic carbocycles. The van der Waals surface area contributed by atoms with Gasteiger partial charge in [0.2, 0.25) is 0 Å². The molecule has 0 aromatic heterocycles. The van der Waals surface area contributed by atoms with Crippen LogP contribution in [0.1, 0.15) is 54.9 Å². The number of rotatable bonds is 0. The van der Waals surface area contributed by atoms with Crippen molar-refractivity contribution in [3.05, 3.63) is 35.4 Å². The Labute approximate surface area is 135 Å². The molecule has 0 spiro atoms. The molecular weight excluding hydrogens is 296 g/mol. The van der Waals surface area contributed by atoms with Crippen molar-refractivity contribution >= 4 is 11.8 Å². The number of phenolic OH excluding ortho intramolecular Hbond substituents is 2. The Kier molecular flexibility index (Phi) is 5.79. The van der Waals surface area contributed by atoms with Crippen LogP contribution in [0.5, 0.6) is 11.5 Å². The van der Waals surface area contributed by atoms with E-state index in [1.54, 1.807) is 6.08 Å². The van der Waals surface area contributed by atoms with E-state index < -0.39 is 5.97 Å². The van der Waals surface area contributed by atoms with Crippen molar-refractivity contribution < 1.29 is 24.5 Å². The van der Waals surface area contributed by atoms with E-state index in [0.29, 0.717) is 0 Å². The quantitative estimate of drug-likeness (QED) is 0.717. The molecular formula is C18H22O5. The highest BCUT2D eigenvalue weighted by Gasteiger charge is 2.20. The highest BCUT2D eigenvalue weighted by Crippen LogP contribution is 2.29. The molecule has 2 rings (SSSR count). The summed E-state index contributed by atoms with van der Waals surface area (Å²) in [5.41, 5.74) is 0.312. The third kappa shape index (κ3) is 4.84. The molecule has 0 fully saturated rings. The van der Waals surface area contributed by atoms with Gasteiger partial charge in [-0.15, -0.1) is 0 Å². The highest BCUT2D eigenvalue weighted by atomic mass is 16.5. The third-order valence-corrected chi connectivity index (χ3v) is 3.85. The molecule has 0 bridgehead atoms. The van der Waals surface area contributed by atoms with E-state index in [-0.39, 0.29) is 40.9 Å². The molecule has 0 saturated carbocycles. The van der Waals surface area contributed by atoms with Crippen molar-refractivity contribution in [1.82, 2.24) is 0 Å². The maximum absolute atomic E-state index is 12.3. The maximum Gasteiger partial charge on any atom is 0.310 e. The predicted octanol–water partition coefficient (Wildman–Crippen LogP) is 3.28. The van der Waals surface area contributed by atoms with Gasteiger partial charge in [0.1, 0.15) is 11.5 Å². The molecule has 1 aromatic rings. The first-order valence-electron chi connectivity index (χ1n) is 7.92. The number of fused-ring (bicyclic) bond motifs is 1. The van der Waals surface area contributed by atoms with Gasteiger partial charge < -0.3 is 14.9 Å². The van der Waals surface area contributed by atoms with E-state index in [1.807, 2.05) is 6.92 Å². The van der Waals surface area contributed by atoms with Gasteiger partial charge in [-0.25, -0.2) is 0 Å². The normalized spacial score (nSPS) is 21.9. The monoisotopic (exact) mass is 318 g/mol. The smallest absolute Gasteiger partial charge is 0.310 e. The van der Waals surface area contributed by atoms with E-state index in [2.05, 4.69) is 0 Å². The summed E-state index contributed by atoms with van der Waals surface area (Å²) in [6.07, 6.45) is 7.36. The number of ether oxygens (including phenoxy) is 1. The lowest BCUT2D eigenvalue weighted by Crippen LogP contribution is -2.18. The number of ketones is 1. The molecule has 1 heterocycles. The second kappa shape index (κ2) is 7.81. The van der Waals surface area contributed by atoms with Crippen LogP contribution in [-0.4, -0.2) is 28.1 Å². The average molecular weight is 318 g/mol. The van der Waals surface area contributed by atoms with Gasteiger partial charge in [0.25, 0.3) is 0 Å². The van der Waals surface area contributed by atoms with Crippen LogP contribution < -0.4 is 0 Å². The second-order valence-corrected chi connectivity index (χ2v) is 5.88. The van der Waals surface area contributed by atoms with Crippen LogP contribution in [0.3, 0.4) is 0 Å². The average Bonchev–Trinajstić information content (AvgIpc) is 2.44. The van der Waals surface area contributed by atoms with Crippen molar-refractivity contribution in [2.75, 3.05) is 0 Å². The minimum Gasteiger partial charge on any atom is -0.508 e. The zero-order valence-electron chi connectivity index (χ0n) is 13.2. The van der Waals surface area contributed by atoms with Crippen molar-refractivity contribution in [1.29, 1.82) is 0 Å². The number of phenols is 2. The highest BCUT2D eigenvalue weighted by molar-refractivity contribution is 6.08. The molecule has 1 atom stereocenters. The summed E-state index contributed by atoms with van der Waals surface area (Å²) in [6.45, 7) is 1.84. The van der Waals surface area contributed by atoms with Crippen LogP contribution in [0.4, 0.5) is 0 Å². The predicted molar refractivity (Wildman–Crippen MR) is 85.6 cm³/mol. The zero-order valence-corrected chi connectivity index (χ0v) is 13.2. The van der Waals surface area contributed by atoms with Gasteiger partial charge in [-0.3, -0.25) is 9.59 Å². The first-order valence-corrected chi connectivity index (χ1v) is 7.92. The lowest BCUT2D eigenvalue weighted by molar-refractivity contribution is -0.147. The molecule has 1 aliphatic rings. The summed E-state index contributed by atoms with van der Waals surface area (Å²) < 4.78 is 5.34. The fraction of sp³-hybridized carbons (Fsp3) is 0.444. The summed E-state index contributed by atoms with van der Waals surface area (Å²) in [5, 5.41) is 19.6. The molecule has 1 aliphatic heterocycles. The van der Waals surface area contributed by atoms with Crippen LogP contribution in [0.25, 0.3) is 0 Å². The Morgan fingerprint density at radius 1 is 1.13 bits per heavy atom. The molecule has 5 nitrogen and oxygen atoms in total. The Hall–Kier alpha value is -2.30. The largest absolute Gasteiger partial charge is 0.508 e. The summed E-state index contributed by atoms with van der Waals surface area (Å²) in [5.74, 6) is -1.38. The van der Waals surface area contributed by atoms with Crippen molar-refractivity contribution in [2.45, 2.75) is 51.6 Å². The zero-order chi connectivity index (χ0) is 16.8. The molecule has 5 heteroatoms. The minimum atomic E-state index is -0.474. The Morgan fingerprint density at radius 3 is 2.70 bits per heavy atom. The molecule has 23 heavy (non-hydrogen) atoms. The summed E-state index contributed by atoms with van der Waals surface area (Å²) in [4.78, 5) is 24.3. The lowest BCUT2D eigenvalue weighted by Gasteiger charge is -2.15. The number of benzene rings is 1. The number of cyclic esters (lactones) is 1. The van der Waals surface area contributed by atoms with E-state index >= 15 is 0 Å². The van der Waals surface area contributed by atoms with Crippen LogP contribution >= 0.6 is 0 Å². The van der Waals surface area contributed by atoms with Crippen LogP contribution in [0.2, 0.25) is 0 Å². The fourth-order valence-corrected chi connectivity index (χ4v) is 2.72. The molecule has 0 unspecified atom stereocenters. The number of hydrogen-bond acceptors (Lipinski definition) is 5. The summed E-state index contributed by atoms with van der Waals surface area (Å²) >= 11 is 0. The number of hydrogen-bond donors (Lipinski definition) is 2. The Morgan fingerprint density at radius 2 is 1.91 bits per heavy atom. The minimum absolute atomic E-state index is 0.0423. The van der Waals surface area contributed by atoms with Crippen LogP contribution in [0, 0.1) is 0 Å². The summed E-state index contributed by atoms with van der Waals surface area (Å²) in [6, 6.07) is 2.42. The van der Waals surface area contributed by atoms with Crippen molar-refractivity contribution in [3.8, 4) is 11.5 Å². The van der Waals surface area contributed by atoms with Gasteiger partial charge >= 0.3 is 5.97 Å². The van der Waals surface area contributed by atoms with Gasteiger partial charge in [-0.05, 0) is 50.3 Å². The van der Waals surface area contributed by atoms with Crippen LogP contribution in [-0.2, 0) is 16.0 Å². The standard InChI is InChI=1S/C18H22O5/c1-12-7-5-3-2-4-6-8-15(20)18-13(10-17(22)23-12)9-14(19)11-16(18)21/h6,8-9,11-12,19,21H,2-5,7,10H2,1H3/b8-6+/t12-/m0/s1. The number of esters is 1. The van der Waals surface area contributed by atoms with Crippen LogP contribution in [0.15, 0.2) is 24.3 Å². The molecule has 2 N–H and O–H groups in total. The van der Waals surface area contributed by atoms with Gasteiger partial charge in [0.05, 0.1) is 18.1 Å². The van der Waals surface area contributed by atoms with Gasteiger partial charge in [-0.2, -0.15) is 0 Å².